The second-order valence-corrected chi connectivity index (χ2v) is 8.36. The molecule has 0 saturated heterocycles. The van der Waals surface area contributed by atoms with Gasteiger partial charge in [0.15, 0.2) is 0 Å². The first-order valence-corrected chi connectivity index (χ1v) is 11.0. The molecule has 1 N–H and O–H groups in total. The molecule has 2 aromatic rings. The molecular formula is C26H36N2O2. The standard InChI is InChI=1S/C26H36N2O2/c1-7-21(6)27-26(30)24(8-2)28(17-22-11-9-10-18(3)14-22)25(29)16-23-15-19(4)12-13-20(23)5/h9-15,21,24H,7-8,16-17H2,1-6H3,(H,27,30)/t21-,24-/m1/s1. The van der Waals surface area contributed by atoms with Crippen molar-refractivity contribution < 1.29 is 9.59 Å². The van der Waals surface area contributed by atoms with Gasteiger partial charge in [-0.05, 0) is 57.2 Å². The molecule has 0 bridgehead atoms. The molecule has 0 heterocycles. The maximum absolute atomic E-state index is 13.5. The van der Waals surface area contributed by atoms with Crippen molar-refractivity contribution in [3.63, 3.8) is 0 Å². The molecule has 0 aliphatic carbocycles. The molecule has 0 saturated carbocycles. The van der Waals surface area contributed by atoms with Crippen molar-refractivity contribution in [1.82, 2.24) is 10.2 Å². The molecule has 0 aliphatic heterocycles. The predicted octanol–water partition coefficient (Wildman–Crippen LogP) is 4.88. The molecule has 0 fully saturated rings. The number of hydrogen-bond donors (Lipinski definition) is 1. The summed E-state index contributed by atoms with van der Waals surface area (Å²) >= 11 is 0. The lowest BCUT2D eigenvalue weighted by Gasteiger charge is -2.32. The van der Waals surface area contributed by atoms with E-state index in [0.29, 0.717) is 19.4 Å². The second-order valence-electron chi connectivity index (χ2n) is 8.36. The highest BCUT2D eigenvalue weighted by Gasteiger charge is 2.29. The van der Waals surface area contributed by atoms with E-state index in [1.54, 1.807) is 4.90 Å². The summed E-state index contributed by atoms with van der Waals surface area (Å²) in [6.07, 6.45) is 1.73. The average molecular weight is 409 g/mol. The van der Waals surface area contributed by atoms with Gasteiger partial charge in [0.25, 0.3) is 0 Å². The van der Waals surface area contributed by atoms with Crippen LogP contribution in [-0.2, 0) is 22.6 Å². The molecule has 2 rings (SSSR count). The van der Waals surface area contributed by atoms with Crippen molar-refractivity contribution in [3.8, 4) is 0 Å². The molecule has 0 radical (unpaired) electrons. The van der Waals surface area contributed by atoms with Crippen LogP contribution in [0.1, 0.15) is 61.4 Å². The van der Waals surface area contributed by atoms with Crippen LogP contribution < -0.4 is 5.32 Å². The topological polar surface area (TPSA) is 49.4 Å². The Morgan fingerprint density at radius 1 is 0.967 bits per heavy atom. The van der Waals surface area contributed by atoms with Crippen LogP contribution in [-0.4, -0.2) is 28.8 Å². The van der Waals surface area contributed by atoms with E-state index in [1.165, 1.54) is 0 Å². The first-order chi connectivity index (χ1) is 14.2. The third kappa shape index (κ3) is 6.45. The van der Waals surface area contributed by atoms with E-state index >= 15 is 0 Å². The van der Waals surface area contributed by atoms with Gasteiger partial charge in [-0.25, -0.2) is 0 Å². The lowest BCUT2D eigenvalue weighted by atomic mass is 10.0. The summed E-state index contributed by atoms with van der Waals surface area (Å²) in [7, 11) is 0. The van der Waals surface area contributed by atoms with Crippen LogP contribution in [0.15, 0.2) is 42.5 Å². The number of nitrogens with zero attached hydrogens (tertiary/aromatic N) is 1. The fourth-order valence-electron chi connectivity index (χ4n) is 3.62. The Hall–Kier alpha value is -2.62. The smallest absolute Gasteiger partial charge is 0.243 e. The Bertz CT molecular complexity index is 875. The fraction of sp³-hybridized carbons (Fsp3) is 0.462. The maximum atomic E-state index is 13.5. The monoisotopic (exact) mass is 408 g/mol. The van der Waals surface area contributed by atoms with Gasteiger partial charge in [-0.1, -0.05) is 67.4 Å². The van der Waals surface area contributed by atoms with Crippen molar-refractivity contribution in [2.24, 2.45) is 0 Å². The number of hydrogen-bond acceptors (Lipinski definition) is 2. The lowest BCUT2D eigenvalue weighted by molar-refractivity contribution is -0.141. The zero-order chi connectivity index (χ0) is 22.3. The van der Waals surface area contributed by atoms with Gasteiger partial charge in [0, 0.05) is 12.6 Å². The number of aryl methyl sites for hydroxylation is 3. The fourth-order valence-corrected chi connectivity index (χ4v) is 3.62. The van der Waals surface area contributed by atoms with Crippen LogP contribution in [0, 0.1) is 20.8 Å². The van der Waals surface area contributed by atoms with Crippen LogP contribution in [0.3, 0.4) is 0 Å². The summed E-state index contributed by atoms with van der Waals surface area (Å²) in [5, 5.41) is 3.06. The Labute approximate surface area is 181 Å². The van der Waals surface area contributed by atoms with Gasteiger partial charge in [0.05, 0.1) is 6.42 Å². The minimum atomic E-state index is -0.489. The van der Waals surface area contributed by atoms with Crippen LogP contribution in [0.4, 0.5) is 0 Å². The molecule has 2 amide bonds. The summed E-state index contributed by atoms with van der Waals surface area (Å²) in [6, 6.07) is 13.9. The van der Waals surface area contributed by atoms with Crippen molar-refractivity contribution in [2.45, 2.75) is 79.4 Å². The molecule has 2 aromatic carbocycles. The third-order valence-electron chi connectivity index (χ3n) is 5.67. The van der Waals surface area contributed by atoms with E-state index in [9.17, 15) is 9.59 Å². The predicted molar refractivity (Wildman–Crippen MR) is 123 cm³/mol. The number of rotatable bonds is 9. The van der Waals surface area contributed by atoms with Crippen molar-refractivity contribution >= 4 is 11.8 Å². The van der Waals surface area contributed by atoms with E-state index in [2.05, 4.69) is 29.6 Å². The van der Waals surface area contributed by atoms with Crippen LogP contribution in [0.5, 0.6) is 0 Å². The van der Waals surface area contributed by atoms with Crippen molar-refractivity contribution in [2.75, 3.05) is 0 Å². The molecule has 4 heteroatoms. The third-order valence-corrected chi connectivity index (χ3v) is 5.67. The second kappa shape index (κ2) is 11.0. The minimum Gasteiger partial charge on any atom is -0.352 e. The maximum Gasteiger partial charge on any atom is 0.243 e. The zero-order valence-corrected chi connectivity index (χ0v) is 19.3. The van der Waals surface area contributed by atoms with Crippen LogP contribution >= 0.6 is 0 Å². The zero-order valence-electron chi connectivity index (χ0n) is 19.3. The molecule has 0 unspecified atom stereocenters. The summed E-state index contributed by atoms with van der Waals surface area (Å²) < 4.78 is 0. The Balaban J connectivity index is 2.34. The largest absolute Gasteiger partial charge is 0.352 e. The van der Waals surface area contributed by atoms with Crippen molar-refractivity contribution in [3.05, 3.63) is 70.3 Å². The molecule has 30 heavy (non-hydrogen) atoms. The Morgan fingerprint density at radius 3 is 2.30 bits per heavy atom. The molecule has 0 aliphatic rings. The van der Waals surface area contributed by atoms with E-state index in [1.807, 2.05) is 59.7 Å². The van der Waals surface area contributed by atoms with Gasteiger partial charge < -0.3 is 10.2 Å². The number of benzene rings is 2. The van der Waals surface area contributed by atoms with Crippen LogP contribution in [0.2, 0.25) is 0 Å². The lowest BCUT2D eigenvalue weighted by Crippen LogP contribution is -2.51. The first kappa shape index (κ1) is 23.7. The molecule has 0 spiro atoms. The number of nitrogens with one attached hydrogen (secondary N) is 1. The first-order valence-electron chi connectivity index (χ1n) is 11.0. The Kier molecular flexibility index (Phi) is 8.64. The highest BCUT2D eigenvalue weighted by atomic mass is 16.2. The van der Waals surface area contributed by atoms with Gasteiger partial charge in [-0.3, -0.25) is 9.59 Å². The molecule has 2 atom stereocenters. The van der Waals surface area contributed by atoms with E-state index < -0.39 is 6.04 Å². The highest BCUT2D eigenvalue weighted by Crippen LogP contribution is 2.18. The molecule has 4 nitrogen and oxygen atoms in total. The quantitative estimate of drug-likeness (QED) is 0.643. The minimum absolute atomic E-state index is 0.0173. The van der Waals surface area contributed by atoms with Crippen LogP contribution in [0.25, 0.3) is 0 Å². The number of carbonyl (C=O) groups excluding carboxylic acids is 2. The number of carbonyl (C=O) groups is 2. The summed E-state index contributed by atoms with van der Waals surface area (Å²) in [4.78, 5) is 28.2. The molecular weight excluding hydrogens is 372 g/mol. The van der Waals surface area contributed by atoms with Gasteiger partial charge in [-0.15, -0.1) is 0 Å². The van der Waals surface area contributed by atoms with Gasteiger partial charge in [0.2, 0.25) is 11.8 Å². The van der Waals surface area contributed by atoms with Gasteiger partial charge in [-0.2, -0.15) is 0 Å². The van der Waals surface area contributed by atoms with Gasteiger partial charge >= 0.3 is 0 Å². The Morgan fingerprint density at radius 2 is 1.67 bits per heavy atom. The van der Waals surface area contributed by atoms with Gasteiger partial charge in [0.1, 0.15) is 6.04 Å². The highest BCUT2D eigenvalue weighted by molar-refractivity contribution is 5.88. The molecule has 0 aromatic heterocycles. The number of amides is 2. The molecule has 162 valence electrons. The van der Waals surface area contributed by atoms with E-state index in [-0.39, 0.29) is 17.9 Å². The summed E-state index contributed by atoms with van der Waals surface area (Å²) in [6.45, 7) is 12.5. The average Bonchev–Trinajstić information content (AvgIpc) is 2.70. The SMILES string of the molecule is CC[C@@H](C)NC(=O)[C@@H](CC)N(Cc1cccc(C)c1)C(=O)Cc1cc(C)ccc1C. The van der Waals surface area contributed by atoms with E-state index in [0.717, 1.165) is 34.2 Å². The van der Waals surface area contributed by atoms with E-state index in [4.69, 9.17) is 0 Å². The normalized spacial score (nSPS) is 12.9. The summed E-state index contributed by atoms with van der Waals surface area (Å²) in [5.74, 6) is -0.0924. The summed E-state index contributed by atoms with van der Waals surface area (Å²) in [5.41, 5.74) is 5.44. The van der Waals surface area contributed by atoms with Crippen molar-refractivity contribution in [1.29, 1.82) is 0 Å².